The van der Waals surface area contributed by atoms with E-state index in [2.05, 4.69) is 11.8 Å². The van der Waals surface area contributed by atoms with Gasteiger partial charge in [0, 0.05) is 37.3 Å². The zero-order valence-electron chi connectivity index (χ0n) is 18.8. The first-order chi connectivity index (χ1) is 15.4. The molecule has 1 saturated heterocycles. The van der Waals surface area contributed by atoms with E-state index in [9.17, 15) is 14.0 Å². The van der Waals surface area contributed by atoms with Crippen LogP contribution in [0.15, 0.2) is 36.4 Å². The van der Waals surface area contributed by atoms with Crippen LogP contribution < -0.4 is 14.2 Å². The smallest absolute Gasteiger partial charge is 0.260 e. The van der Waals surface area contributed by atoms with Gasteiger partial charge in [-0.05, 0) is 43.7 Å². The summed E-state index contributed by atoms with van der Waals surface area (Å²) in [6.45, 7) is 5.85. The summed E-state index contributed by atoms with van der Waals surface area (Å²) in [5, 5.41) is 0. The van der Waals surface area contributed by atoms with Crippen LogP contribution in [0, 0.1) is 5.82 Å². The SMILES string of the molecule is COc1cc(C=O)cc(OC)c1OCC(=O)N1C[C@@H](C)N(Cc2ccc(F)cc2)C[C@@H]1C. The average molecular weight is 445 g/mol. The van der Waals surface area contributed by atoms with Gasteiger partial charge in [-0.3, -0.25) is 14.5 Å². The first-order valence-corrected chi connectivity index (χ1v) is 10.5. The van der Waals surface area contributed by atoms with E-state index in [1.54, 1.807) is 12.1 Å². The van der Waals surface area contributed by atoms with Crippen LogP contribution in [-0.4, -0.2) is 68.0 Å². The van der Waals surface area contributed by atoms with E-state index in [4.69, 9.17) is 14.2 Å². The number of benzene rings is 2. The van der Waals surface area contributed by atoms with Gasteiger partial charge >= 0.3 is 0 Å². The number of aldehydes is 1. The maximum atomic E-state index is 13.2. The third-order valence-corrected chi connectivity index (χ3v) is 5.69. The van der Waals surface area contributed by atoms with Gasteiger partial charge in [-0.15, -0.1) is 0 Å². The lowest BCUT2D eigenvalue weighted by Gasteiger charge is -2.44. The normalized spacial score (nSPS) is 18.8. The minimum atomic E-state index is -0.250. The number of rotatable bonds is 8. The molecule has 2 atom stereocenters. The van der Waals surface area contributed by atoms with Crippen LogP contribution in [0.5, 0.6) is 17.2 Å². The molecule has 7 nitrogen and oxygen atoms in total. The van der Waals surface area contributed by atoms with E-state index in [0.29, 0.717) is 43.0 Å². The summed E-state index contributed by atoms with van der Waals surface area (Å²) in [7, 11) is 2.92. The van der Waals surface area contributed by atoms with Crippen molar-refractivity contribution in [2.45, 2.75) is 32.5 Å². The zero-order chi connectivity index (χ0) is 23.3. The predicted molar refractivity (Wildman–Crippen MR) is 118 cm³/mol. The quantitative estimate of drug-likeness (QED) is 0.583. The largest absolute Gasteiger partial charge is 0.493 e. The lowest BCUT2D eigenvalue weighted by Crippen LogP contribution is -2.58. The number of amides is 1. The number of hydrogen-bond donors (Lipinski definition) is 0. The van der Waals surface area contributed by atoms with E-state index in [1.165, 1.54) is 38.5 Å². The molecule has 32 heavy (non-hydrogen) atoms. The van der Waals surface area contributed by atoms with Crippen LogP contribution in [0.1, 0.15) is 29.8 Å². The fraction of sp³-hybridized carbons (Fsp3) is 0.417. The molecule has 0 saturated carbocycles. The highest BCUT2D eigenvalue weighted by Gasteiger charge is 2.32. The van der Waals surface area contributed by atoms with Crippen molar-refractivity contribution in [1.82, 2.24) is 9.80 Å². The van der Waals surface area contributed by atoms with Crippen molar-refractivity contribution in [3.8, 4) is 17.2 Å². The van der Waals surface area contributed by atoms with Crippen molar-refractivity contribution < 1.29 is 28.2 Å². The molecular weight excluding hydrogens is 415 g/mol. The molecule has 2 aromatic carbocycles. The number of methoxy groups -OCH3 is 2. The highest BCUT2D eigenvalue weighted by atomic mass is 19.1. The van der Waals surface area contributed by atoms with Gasteiger partial charge in [0.25, 0.3) is 5.91 Å². The van der Waals surface area contributed by atoms with Crippen LogP contribution in [0.4, 0.5) is 4.39 Å². The summed E-state index contributed by atoms with van der Waals surface area (Å²) in [4.78, 5) is 28.2. The first kappa shape index (κ1) is 23.5. The number of carbonyl (C=O) groups is 2. The van der Waals surface area contributed by atoms with Crippen LogP contribution in [0.2, 0.25) is 0 Å². The summed E-state index contributed by atoms with van der Waals surface area (Å²) < 4.78 is 29.6. The molecule has 0 aromatic heterocycles. The van der Waals surface area contributed by atoms with Crippen LogP contribution >= 0.6 is 0 Å². The van der Waals surface area contributed by atoms with Gasteiger partial charge in [-0.2, -0.15) is 0 Å². The second-order valence-corrected chi connectivity index (χ2v) is 7.96. The van der Waals surface area contributed by atoms with Crippen molar-refractivity contribution in [1.29, 1.82) is 0 Å². The molecular formula is C24H29FN2O5. The van der Waals surface area contributed by atoms with Crippen LogP contribution in [0.25, 0.3) is 0 Å². The minimum absolute atomic E-state index is 0.0102. The van der Waals surface area contributed by atoms with Gasteiger partial charge in [-0.1, -0.05) is 12.1 Å². The van der Waals surface area contributed by atoms with Gasteiger partial charge < -0.3 is 19.1 Å². The Morgan fingerprint density at radius 2 is 1.69 bits per heavy atom. The highest BCUT2D eigenvalue weighted by Crippen LogP contribution is 2.38. The van der Waals surface area contributed by atoms with Gasteiger partial charge in [0.2, 0.25) is 5.75 Å². The number of hydrogen-bond acceptors (Lipinski definition) is 6. The van der Waals surface area contributed by atoms with Crippen LogP contribution in [0.3, 0.4) is 0 Å². The molecule has 172 valence electrons. The Bertz CT molecular complexity index is 925. The topological polar surface area (TPSA) is 68.3 Å². The van der Waals surface area contributed by atoms with Gasteiger partial charge in [-0.25, -0.2) is 4.39 Å². The lowest BCUT2D eigenvalue weighted by atomic mass is 10.1. The maximum Gasteiger partial charge on any atom is 0.260 e. The van der Waals surface area contributed by atoms with Crippen LogP contribution in [-0.2, 0) is 11.3 Å². The number of piperazine rings is 1. The Hall–Kier alpha value is -3.13. The molecule has 1 amide bonds. The number of halogens is 1. The summed E-state index contributed by atoms with van der Waals surface area (Å²) >= 11 is 0. The first-order valence-electron chi connectivity index (χ1n) is 10.5. The Kier molecular flexibility index (Phi) is 7.69. The van der Waals surface area contributed by atoms with E-state index in [0.717, 1.165) is 5.56 Å². The summed E-state index contributed by atoms with van der Waals surface area (Å²) in [5.41, 5.74) is 1.42. The molecule has 1 fully saturated rings. The van der Waals surface area contributed by atoms with E-state index >= 15 is 0 Å². The Morgan fingerprint density at radius 1 is 1.06 bits per heavy atom. The number of carbonyl (C=O) groups excluding carboxylic acids is 2. The molecule has 0 spiro atoms. The van der Waals surface area contributed by atoms with E-state index in [-0.39, 0.29) is 36.2 Å². The summed E-state index contributed by atoms with van der Waals surface area (Å²) in [5.74, 6) is 0.535. The fourth-order valence-electron chi connectivity index (χ4n) is 3.92. The van der Waals surface area contributed by atoms with Crippen molar-refractivity contribution in [2.24, 2.45) is 0 Å². The van der Waals surface area contributed by atoms with Crippen molar-refractivity contribution in [3.05, 3.63) is 53.3 Å². The molecule has 0 radical (unpaired) electrons. The van der Waals surface area contributed by atoms with Crippen molar-refractivity contribution in [3.63, 3.8) is 0 Å². The fourth-order valence-corrected chi connectivity index (χ4v) is 3.92. The van der Waals surface area contributed by atoms with Gasteiger partial charge in [0.15, 0.2) is 18.1 Å². The molecule has 0 aliphatic carbocycles. The zero-order valence-corrected chi connectivity index (χ0v) is 18.8. The predicted octanol–water partition coefficient (Wildman–Crippen LogP) is 3.16. The third-order valence-electron chi connectivity index (χ3n) is 5.69. The summed E-state index contributed by atoms with van der Waals surface area (Å²) in [6, 6.07) is 9.70. The van der Waals surface area contributed by atoms with E-state index < -0.39 is 0 Å². The number of nitrogens with zero attached hydrogens (tertiary/aromatic N) is 2. The second kappa shape index (κ2) is 10.5. The van der Waals surface area contributed by atoms with E-state index in [1.807, 2.05) is 11.8 Å². The molecule has 1 aliphatic rings. The molecule has 0 unspecified atom stereocenters. The Labute approximate surface area is 187 Å². The number of ether oxygens (including phenoxy) is 3. The molecule has 8 heteroatoms. The van der Waals surface area contributed by atoms with Gasteiger partial charge in [0.1, 0.15) is 12.1 Å². The third kappa shape index (κ3) is 5.37. The molecule has 1 heterocycles. The standard InChI is InChI=1S/C24H29FN2O5/c1-16-12-27(17(2)11-26(16)13-18-5-7-20(25)8-6-18)23(29)15-32-24-21(30-3)9-19(14-28)10-22(24)31-4/h5-10,14,16-17H,11-13,15H2,1-4H3/t16-,17+/m1/s1. The highest BCUT2D eigenvalue weighted by molar-refractivity contribution is 5.80. The van der Waals surface area contributed by atoms with Crippen molar-refractivity contribution in [2.75, 3.05) is 33.9 Å². The molecule has 3 rings (SSSR count). The molecule has 0 bridgehead atoms. The Balaban J connectivity index is 1.64. The average Bonchev–Trinajstić information content (AvgIpc) is 2.80. The van der Waals surface area contributed by atoms with Crippen molar-refractivity contribution >= 4 is 12.2 Å². The minimum Gasteiger partial charge on any atom is -0.493 e. The monoisotopic (exact) mass is 444 g/mol. The summed E-state index contributed by atoms with van der Waals surface area (Å²) in [6.07, 6.45) is 0.689. The second-order valence-electron chi connectivity index (χ2n) is 7.96. The Morgan fingerprint density at radius 3 is 2.25 bits per heavy atom. The maximum absolute atomic E-state index is 13.2. The molecule has 2 aromatic rings. The van der Waals surface area contributed by atoms with Gasteiger partial charge in [0.05, 0.1) is 14.2 Å². The molecule has 0 N–H and O–H groups in total. The lowest BCUT2D eigenvalue weighted by molar-refractivity contribution is -0.139. The molecule has 1 aliphatic heterocycles.